The molecule has 0 aliphatic carbocycles. The predicted octanol–water partition coefficient (Wildman–Crippen LogP) is 1.34. The van der Waals surface area contributed by atoms with E-state index >= 15 is 0 Å². The molecule has 0 atom stereocenters. The van der Waals surface area contributed by atoms with E-state index in [9.17, 15) is 4.79 Å². The highest BCUT2D eigenvalue weighted by Crippen LogP contribution is 2.18. The van der Waals surface area contributed by atoms with Gasteiger partial charge in [-0.3, -0.25) is 9.48 Å². The number of nitrogen functional groups attached to an aromatic ring is 1. The number of rotatable bonds is 5. The predicted molar refractivity (Wildman–Crippen MR) is 81.4 cm³/mol. The van der Waals surface area contributed by atoms with Crippen LogP contribution < -0.4 is 16.6 Å². The zero-order chi connectivity index (χ0) is 14.7. The van der Waals surface area contributed by atoms with Crippen molar-refractivity contribution in [1.29, 1.82) is 0 Å². The van der Waals surface area contributed by atoms with Crippen LogP contribution in [0.15, 0.2) is 21.7 Å². The summed E-state index contributed by atoms with van der Waals surface area (Å²) < 4.78 is 3.51. The van der Waals surface area contributed by atoms with Crippen LogP contribution in [0.25, 0.3) is 0 Å². The Morgan fingerprint density at radius 2 is 2.15 bits per heavy atom. The molecule has 0 saturated heterocycles. The van der Waals surface area contributed by atoms with Crippen molar-refractivity contribution >= 4 is 27.4 Å². The van der Waals surface area contributed by atoms with Gasteiger partial charge in [-0.2, -0.15) is 10.2 Å². The Morgan fingerprint density at radius 1 is 1.40 bits per heavy atom. The van der Waals surface area contributed by atoms with Gasteiger partial charge in [0.1, 0.15) is 10.3 Å². The average molecular weight is 341 g/mol. The van der Waals surface area contributed by atoms with Crippen molar-refractivity contribution in [3.05, 3.63) is 32.8 Å². The van der Waals surface area contributed by atoms with E-state index in [0.29, 0.717) is 29.1 Å². The van der Waals surface area contributed by atoms with Gasteiger partial charge in [-0.25, -0.2) is 4.68 Å². The first-order valence-corrected chi connectivity index (χ1v) is 7.09. The Hall–Kier alpha value is -1.83. The van der Waals surface area contributed by atoms with Crippen molar-refractivity contribution in [2.24, 2.45) is 7.05 Å². The highest BCUT2D eigenvalue weighted by atomic mass is 79.9. The third-order valence-electron chi connectivity index (χ3n) is 2.95. The first-order valence-electron chi connectivity index (χ1n) is 6.30. The number of aryl methyl sites for hydroxylation is 2. The molecule has 0 saturated carbocycles. The van der Waals surface area contributed by atoms with Crippen LogP contribution in [-0.2, 0) is 20.1 Å². The number of halogens is 1. The molecule has 0 bridgehead atoms. The zero-order valence-electron chi connectivity index (χ0n) is 11.4. The molecule has 0 amide bonds. The van der Waals surface area contributed by atoms with Crippen LogP contribution in [0.4, 0.5) is 11.5 Å². The van der Waals surface area contributed by atoms with Gasteiger partial charge in [0.15, 0.2) is 0 Å². The Labute approximate surface area is 124 Å². The van der Waals surface area contributed by atoms with E-state index in [-0.39, 0.29) is 5.56 Å². The molecule has 0 aromatic carbocycles. The molecule has 7 nitrogen and oxygen atoms in total. The number of anilines is 2. The van der Waals surface area contributed by atoms with Crippen LogP contribution in [0.5, 0.6) is 0 Å². The number of aromatic nitrogens is 4. The minimum atomic E-state index is -0.143. The second kappa shape index (κ2) is 6.08. The van der Waals surface area contributed by atoms with Crippen LogP contribution in [-0.4, -0.2) is 19.6 Å². The first kappa shape index (κ1) is 14.6. The fourth-order valence-corrected chi connectivity index (χ4v) is 2.23. The largest absolute Gasteiger partial charge is 0.384 e. The van der Waals surface area contributed by atoms with Crippen LogP contribution in [0, 0.1) is 0 Å². The van der Waals surface area contributed by atoms with Gasteiger partial charge in [-0.1, -0.05) is 6.92 Å². The summed E-state index contributed by atoms with van der Waals surface area (Å²) >= 11 is 3.31. The summed E-state index contributed by atoms with van der Waals surface area (Å²) in [5, 5.41) is 11.3. The molecule has 2 heterocycles. The third-order valence-corrected chi connectivity index (χ3v) is 3.72. The molecule has 3 N–H and O–H groups in total. The molecule has 0 spiro atoms. The van der Waals surface area contributed by atoms with Crippen LogP contribution in [0.1, 0.15) is 18.9 Å². The summed E-state index contributed by atoms with van der Waals surface area (Å²) in [7, 11) is 1.78. The smallest absolute Gasteiger partial charge is 0.283 e. The SMILES string of the molecule is CCCn1ncc(NCc2cnn(C)c2N)c(Br)c1=O. The molecule has 2 aromatic heterocycles. The molecule has 0 aliphatic heterocycles. The Kier molecular flexibility index (Phi) is 4.43. The fourth-order valence-electron chi connectivity index (χ4n) is 1.78. The molecule has 20 heavy (non-hydrogen) atoms. The minimum absolute atomic E-state index is 0.143. The number of nitrogens with zero attached hydrogens (tertiary/aromatic N) is 4. The topological polar surface area (TPSA) is 90.8 Å². The van der Waals surface area contributed by atoms with Gasteiger partial charge in [0, 0.05) is 25.7 Å². The van der Waals surface area contributed by atoms with Gasteiger partial charge >= 0.3 is 0 Å². The number of hydrogen-bond donors (Lipinski definition) is 2. The molecular formula is C12H17BrN6O. The number of hydrogen-bond acceptors (Lipinski definition) is 5. The van der Waals surface area contributed by atoms with E-state index in [0.717, 1.165) is 12.0 Å². The maximum absolute atomic E-state index is 12.0. The van der Waals surface area contributed by atoms with E-state index < -0.39 is 0 Å². The highest BCUT2D eigenvalue weighted by Gasteiger charge is 2.10. The number of nitrogens with two attached hydrogens (primary N) is 1. The normalized spacial score (nSPS) is 10.8. The minimum Gasteiger partial charge on any atom is -0.384 e. The van der Waals surface area contributed by atoms with Gasteiger partial charge < -0.3 is 11.1 Å². The average Bonchev–Trinajstić information content (AvgIpc) is 2.75. The summed E-state index contributed by atoms with van der Waals surface area (Å²) in [4.78, 5) is 12.0. The summed E-state index contributed by atoms with van der Waals surface area (Å²) in [6.45, 7) is 3.09. The first-order chi connectivity index (χ1) is 9.54. The molecule has 8 heteroatoms. The molecule has 0 radical (unpaired) electrons. The van der Waals surface area contributed by atoms with E-state index in [1.165, 1.54) is 4.68 Å². The lowest BCUT2D eigenvalue weighted by Crippen LogP contribution is -2.24. The van der Waals surface area contributed by atoms with E-state index in [4.69, 9.17) is 5.73 Å². The number of nitrogens with one attached hydrogen (secondary N) is 1. The molecule has 0 fully saturated rings. The monoisotopic (exact) mass is 340 g/mol. The second-order valence-corrected chi connectivity index (χ2v) is 5.23. The van der Waals surface area contributed by atoms with Gasteiger partial charge in [0.25, 0.3) is 5.56 Å². The third kappa shape index (κ3) is 2.84. The molecule has 108 valence electrons. The second-order valence-electron chi connectivity index (χ2n) is 4.43. The van der Waals surface area contributed by atoms with E-state index in [2.05, 4.69) is 31.4 Å². The standard InChI is InChI=1S/C12H17BrN6O/c1-3-4-19-12(20)10(13)9(7-17-19)15-5-8-6-16-18(2)11(8)14/h6-7,15H,3-5,14H2,1-2H3. The van der Waals surface area contributed by atoms with Crippen molar-refractivity contribution < 1.29 is 0 Å². The quantitative estimate of drug-likeness (QED) is 0.857. The van der Waals surface area contributed by atoms with Crippen molar-refractivity contribution in [1.82, 2.24) is 19.6 Å². The molecule has 0 unspecified atom stereocenters. The summed E-state index contributed by atoms with van der Waals surface area (Å²) in [6, 6.07) is 0. The van der Waals surface area contributed by atoms with Gasteiger partial charge in [0.05, 0.1) is 18.1 Å². The van der Waals surface area contributed by atoms with Crippen molar-refractivity contribution in [3.8, 4) is 0 Å². The molecule has 2 aromatic rings. The maximum Gasteiger partial charge on any atom is 0.283 e. The lowest BCUT2D eigenvalue weighted by atomic mass is 10.3. The van der Waals surface area contributed by atoms with Gasteiger partial charge in [-0.15, -0.1) is 0 Å². The maximum atomic E-state index is 12.0. The highest BCUT2D eigenvalue weighted by molar-refractivity contribution is 9.10. The fraction of sp³-hybridized carbons (Fsp3) is 0.417. The van der Waals surface area contributed by atoms with Crippen LogP contribution in [0.2, 0.25) is 0 Å². The van der Waals surface area contributed by atoms with Crippen molar-refractivity contribution in [2.75, 3.05) is 11.1 Å². The van der Waals surface area contributed by atoms with Crippen LogP contribution in [0.3, 0.4) is 0 Å². The zero-order valence-corrected chi connectivity index (χ0v) is 13.0. The molecular weight excluding hydrogens is 324 g/mol. The molecule has 2 rings (SSSR count). The van der Waals surface area contributed by atoms with E-state index in [1.807, 2.05) is 6.92 Å². The van der Waals surface area contributed by atoms with Gasteiger partial charge in [0.2, 0.25) is 0 Å². The summed E-state index contributed by atoms with van der Waals surface area (Å²) in [5.74, 6) is 0.598. The Bertz CT molecular complexity index is 662. The van der Waals surface area contributed by atoms with Crippen LogP contribution >= 0.6 is 15.9 Å². The lowest BCUT2D eigenvalue weighted by Gasteiger charge is -2.09. The Morgan fingerprint density at radius 3 is 2.75 bits per heavy atom. The van der Waals surface area contributed by atoms with E-state index in [1.54, 1.807) is 24.1 Å². The lowest BCUT2D eigenvalue weighted by molar-refractivity contribution is 0.566. The molecule has 0 aliphatic rings. The van der Waals surface area contributed by atoms with Crippen molar-refractivity contribution in [3.63, 3.8) is 0 Å². The Balaban J connectivity index is 2.16. The van der Waals surface area contributed by atoms with Crippen molar-refractivity contribution in [2.45, 2.75) is 26.4 Å². The summed E-state index contributed by atoms with van der Waals surface area (Å²) in [5.41, 5.74) is 7.24. The van der Waals surface area contributed by atoms with Gasteiger partial charge in [-0.05, 0) is 22.4 Å². The summed E-state index contributed by atoms with van der Waals surface area (Å²) in [6.07, 6.45) is 4.19.